The summed E-state index contributed by atoms with van der Waals surface area (Å²) in [6, 6.07) is 15.2. The summed E-state index contributed by atoms with van der Waals surface area (Å²) < 4.78 is 11.4. The number of ketones is 1. The fourth-order valence-electron chi connectivity index (χ4n) is 3.01. The highest BCUT2D eigenvalue weighted by atomic mass is 16.5. The van der Waals surface area contributed by atoms with Gasteiger partial charge in [-0.25, -0.2) is 0 Å². The summed E-state index contributed by atoms with van der Waals surface area (Å²) >= 11 is 0. The Morgan fingerprint density at radius 1 is 1.04 bits per heavy atom. The average Bonchev–Trinajstić information content (AvgIpc) is 3.09. The van der Waals surface area contributed by atoms with E-state index < -0.39 is 0 Å². The molecule has 120 valence electrons. The highest BCUT2D eigenvalue weighted by Gasteiger charge is 2.19. The Morgan fingerprint density at radius 2 is 1.78 bits per heavy atom. The fourth-order valence-corrected chi connectivity index (χ4v) is 3.01. The van der Waals surface area contributed by atoms with E-state index in [9.17, 15) is 4.79 Å². The van der Waals surface area contributed by atoms with E-state index in [4.69, 9.17) is 9.47 Å². The molecule has 0 unspecified atom stereocenters. The van der Waals surface area contributed by atoms with Crippen LogP contribution in [0.25, 0.3) is 0 Å². The number of methoxy groups -OCH3 is 1. The van der Waals surface area contributed by atoms with Crippen LogP contribution in [-0.2, 0) is 6.42 Å². The third-order valence-electron chi connectivity index (χ3n) is 4.29. The zero-order valence-corrected chi connectivity index (χ0v) is 13.5. The van der Waals surface area contributed by atoms with Gasteiger partial charge in [-0.1, -0.05) is 30.3 Å². The van der Waals surface area contributed by atoms with Crippen LogP contribution < -0.4 is 9.47 Å². The van der Waals surface area contributed by atoms with Crippen molar-refractivity contribution in [3.8, 4) is 11.5 Å². The van der Waals surface area contributed by atoms with E-state index in [1.165, 1.54) is 12.8 Å². The van der Waals surface area contributed by atoms with Crippen molar-refractivity contribution < 1.29 is 14.3 Å². The Kier molecular flexibility index (Phi) is 4.96. The minimum atomic E-state index is 0.0927. The van der Waals surface area contributed by atoms with Gasteiger partial charge in [-0.2, -0.15) is 0 Å². The van der Waals surface area contributed by atoms with E-state index in [0.29, 0.717) is 23.5 Å². The Bertz CT molecular complexity index is 658. The Labute approximate surface area is 137 Å². The molecule has 0 bridgehead atoms. The summed E-state index contributed by atoms with van der Waals surface area (Å²) in [6.07, 6.45) is 5.20. The standard InChI is InChI=1S/C20H22O3/c1-22-19-12-11-16(14-20(19)23-17-9-5-6-10-17)18(21)13-15-7-3-2-4-8-15/h2-4,7-8,11-12,14,17H,5-6,9-10,13H2,1H3. The molecule has 0 radical (unpaired) electrons. The topological polar surface area (TPSA) is 35.5 Å². The van der Waals surface area contributed by atoms with Crippen LogP contribution in [0.3, 0.4) is 0 Å². The number of carbonyl (C=O) groups excluding carboxylic acids is 1. The van der Waals surface area contributed by atoms with Gasteiger partial charge in [0.2, 0.25) is 0 Å². The van der Waals surface area contributed by atoms with E-state index in [1.807, 2.05) is 48.5 Å². The first-order valence-electron chi connectivity index (χ1n) is 8.18. The molecule has 2 aromatic carbocycles. The molecule has 1 saturated carbocycles. The molecule has 0 saturated heterocycles. The van der Waals surface area contributed by atoms with Gasteiger partial charge in [-0.05, 0) is 49.4 Å². The smallest absolute Gasteiger partial charge is 0.167 e. The average molecular weight is 310 g/mol. The highest BCUT2D eigenvalue weighted by Crippen LogP contribution is 2.32. The minimum Gasteiger partial charge on any atom is -0.493 e. The third-order valence-corrected chi connectivity index (χ3v) is 4.29. The molecule has 0 atom stereocenters. The van der Waals surface area contributed by atoms with Crippen molar-refractivity contribution in [2.75, 3.05) is 7.11 Å². The SMILES string of the molecule is COc1ccc(C(=O)Cc2ccccc2)cc1OC1CCCC1. The quantitative estimate of drug-likeness (QED) is 0.740. The molecule has 0 N–H and O–H groups in total. The number of benzene rings is 2. The van der Waals surface area contributed by atoms with Crippen molar-refractivity contribution in [1.82, 2.24) is 0 Å². The predicted octanol–water partition coefficient (Wildman–Crippen LogP) is 4.44. The van der Waals surface area contributed by atoms with Gasteiger partial charge < -0.3 is 9.47 Å². The zero-order chi connectivity index (χ0) is 16.1. The van der Waals surface area contributed by atoms with Gasteiger partial charge in [0.25, 0.3) is 0 Å². The number of Topliss-reactive ketones (excluding diaryl/α,β-unsaturated/α-hetero) is 1. The maximum absolute atomic E-state index is 12.5. The lowest BCUT2D eigenvalue weighted by Gasteiger charge is -2.16. The van der Waals surface area contributed by atoms with Crippen molar-refractivity contribution in [2.24, 2.45) is 0 Å². The highest BCUT2D eigenvalue weighted by molar-refractivity contribution is 5.98. The van der Waals surface area contributed by atoms with Gasteiger partial charge in [0.05, 0.1) is 13.2 Å². The Hall–Kier alpha value is -2.29. The predicted molar refractivity (Wildman–Crippen MR) is 90.4 cm³/mol. The van der Waals surface area contributed by atoms with E-state index in [0.717, 1.165) is 18.4 Å². The third kappa shape index (κ3) is 3.92. The van der Waals surface area contributed by atoms with Gasteiger partial charge >= 0.3 is 0 Å². The number of carbonyl (C=O) groups is 1. The minimum absolute atomic E-state index is 0.0927. The van der Waals surface area contributed by atoms with E-state index in [-0.39, 0.29) is 11.9 Å². The van der Waals surface area contributed by atoms with Gasteiger partial charge in [-0.3, -0.25) is 4.79 Å². The molecule has 1 aliphatic carbocycles. The molecule has 0 heterocycles. The van der Waals surface area contributed by atoms with Crippen LogP contribution in [-0.4, -0.2) is 19.0 Å². The maximum Gasteiger partial charge on any atom is 0.167 e. The number of ether oxygens (including phenoxy) is 2. The van der Waals surface area contributed by atoms with Crippen LogP contribution in [0.4, 0.5) is 0 Å². The molecule has 0 aliphatic heterocycles. The van der Waals surface area contributed by atoms with Gasteiger partial charge in [0, 0.05) is 12.0 Å². The van der Waals surface area contributed by atoms with E-state index in [2.05, 4.69) is 0 Å². The summed E-state index contributed by atoms with van der Waals surface area (Å²) in [5.41, 5.74) is 1.69. The van der Waals surface area contributed by atoms with E-state index in [1.54, 1.807) is 7.11 Å². The van der Waals surface area contributed by atoms with Crippen LogP contribution in [0.1, 0.15) is 41.6 Å². The van der Waals surface area contributed by atoms with Crippen LogP contribution in [0.15, 0.2) is 48.5 Å². The largest absolute Gasteiger partial charge is 0.493 e. The zero-order valence-electron chi connectivity index (χ0n) is 13.5. The summed E-state index contributed by atoms with van der Waals surface area (Å²) in [6.45, 7) is 0. The lowest BCUT2D eigenvalue weighted by Crippen LogP contribution is -2.12. The second kappa shape index (κ2) is 7.32. The van der Waals surface area contributed by atoms with Gasteiger partial charge in [-0.15, -0.1) is 0 Å². The Morgan fingerprint density at radius 3 is 2.48 bits per heavy atom. The molecular weight excluding hydrogens is 288 g/mol. The molecule has 2 aromatic rings. The summed E-state index contributed by atoms with van der Waals surface area (Å²) in [4.78, 5) is 12.5. The van der Waals surface area contributed by atoms with Crippen LogP contribution >= 0.6 is 0 Å². The van der Waals surface area contributed by atoms with Crippen molar-refractivity contribution in [2.45, 2.75) is 38.2 Å². The summed E-state index contributed by atoms with van der Waals surface area (Å²) in [7, 11) is 1.63. The molecular formula is C20H22O3. The first-order chi connectivity index (χ1) is 11.3. The van der Waals surface area contributed by atoms with Gasteiger partial charge in [0.1, 0.15) is 0 Å². The molecule has 3 nitrogen and oxygen atoms in total. The fraction of sp³-hybridized carbons (Fsp3) is 0.350. The first-order valence-corrected chi connectivity index (χ1v) is 8.18. The lowest BCUT2D eigenvalue weighted by atomic mass is 10.0. The van der Waals surface area contributed by atoms with Crippen LogP contribution in [0.2, 0.25) is 0 Å². The Balaban J connectivity index is 1.77. The lowest BCUT2D eigenvalue weighted by molar-refractivity contribution is 0.0992. The van der Waals surface area contributed by atoms with Crippen LogP contribution in [0.5, 0.6) is 11.5 Å². The molecule has 1 fully saturated rings. The number of rotatable bonds is 6. The van der Waals surface area contributed by atoms with Crippen molar-refractivity contribution in [3.63, 3.8) is 0 Å². The van der Waals surface area contributed by atoms with Gasteiger partial charge in [0.15, 0.2) is 17.3 Å². The molecule has 0 spiro atoms. The van der Waals surface area contributed by atoms with Crippen molar-refractivity contribution in [1.29, 1.82) is 0 Å². The maximum atomic E-state index is 12.5. The molecule has 0 aromatic heterocycles. The number of hydrogen-bond acceptors (Lipinski definition) is 3. The second-order valence-electron chi connectivity index (χ2n) is 5.98. The monoisotopic (exact) mass is 310 g/mol. The van der Waals surface area contributed by atoms with Crippen molar-refractivity contribution in [3.05, 3.63) is 59.7 Å². The summed E-state index contributed by atoms with van der Waals surface area (Å²) in [5, 5.41) is 0. The molecule has 23 heavy (non-hydrogen) atoms. The first kappa shape index (κ1) is 15.6. The number of hydrogen-bond donors (Lipinski definition) is 0. The van der Waals surface area contributed by atoms with Crippen LogP contribution in [0, 0.1) is 0 Å². The molecule has 1 aliphatic rings. The molecule has 3 heteroatoms. The molecule has 3 rings (SSSR count). The van der Waals surface area contributed by atoms with Crippen molar-refractivity contribution >= 4 is 5.78 Å². The normalized spacial score (nSPS) is 14.7. The second-order valence-corrected chi connectivity index (χ2v) is 5.98. The summed E-state index contributed by atoms with van der Waals surface area (Å²) in [5.74, 6) is 1.46. The molecule has 0 amide bonds. The van der Waals surface area contributed by atoms with E-state index >= 15 is 0 Å².